The van der Waals surface area contributed by atoms with Crippen molar-refractivity contribution in [1.29, 1.82) is 5.26 Å². The van der Waals surface area contributed by atoms with Crippen molar-refractivity contribution in [2.24, 2.45) is 0 Å². The number of ether oxygens (including phenoxy) is 1. The van der Waals surface area contributed by atoms with E-state index in [0.717, 1.165) is 5.56 Å². The number of rotatable bonds is 4. The number of hydrogen-bond acceptors (Lipinski definition) is 6. The number of anilines is 1. The van der Waals surface area contributed by atoms with E-state index in [1.54, 1.807) is 41.3 Å². The van der Waals surface area contributed by atoms with Crippen molar-refractivity contribution < 1.29 is 22.7 Å². The standard InChI is InChI=1S/C28H23F3N6O2/c1-17-23(39-28(29,30)31)11-10-22(34-27(38)37-14-12-33-13-15-37)24(17)26-21-5-3-2-4-20(21)25(35-36-26)19-8-6-18(16-32)7-9-19/h2-11,33H,12-15H2,1H3,(H,34,38). The molecule has 2 heterocycles. The van der Waals surface area contributed by atoms with Gasteiger partial charge in [0.1, 0.15) is 17.1 Å². The third kappa shape index (κ3) is 5.46. The van der Waals surface area contributed by atoms with Gasteiger partial charge in [-0.3, -0.25) is 0 Å². The van der Waals surface area contributed by atoms with Crippen LogP contribution in [0.4, 0.5) is 23.7 Å². The van der Waals surface area contributed by atoms with Crippen LogP contribution in [-0.4, -0.2) is 53.7 Å². The Morgan fingerprint density at radius 3 is 2.28 bits per heavy atom. The summed E-state index contributed by atoms with van der Waals surface area (Å²) in [7, 11) is 0. The minimum Gasteiger partial charge on any atom is -0.405 e. The number of aromatic nitrogens is 2. The molecule has 3 aromatic carbocycles. The van der Waals surface area contributed by atoms with Crippen molar-refractivity contribution in [3.63, 3.8) is 0 Å². The quantitative estimate of drug-likeness (QED) is 0.361. The van der Waals surface area contributed by atoms with Crippen LogP contribution in [0.5, 0.6) is 5.75 Å². The van der Waals surface area contributed by atoms with Gasteiger partial charge in [-0.2, -0.15) is 5.26 Å². The minimum absolute atomic E-state index is 0.149. The molecule has 1 aromatic heterocycles. The Balaban J connectivity index is 1.66. The number of fused-ring (bicyclic) bond motifs is 1. The topological polar surface area (TPSA) is 103 Å². The minimum atomic E-state index is -4.90. The zero-order valence-electron chi connectivity index (χ0n) is 20.8. The molecule has 4 aromatic rings. The summed E-state index contributed by atoms with van der Waals surface area (Å²) in [6, 6.07) is 18.4. The number of nitrogens with zero attached hydrogens (tertiary/aromatic N) is 4. The molecule has 0 radical (unpaired) electrons. The molecule has 2 N–H and O–H groups in total. The van der Waals surface area contributed by atoms with E-state index in [1.807, 2.05) is 12.1 Å². The van der Waals surface area contributed by atoms with Crippen LogP contribution < -0.4 is 15.4 Å². The average molecular weight is 533 g/mol. The summed E-state index contributed by atoms with van der Waals surface area (Å²) in [6.45, 7) is 3.77. The molecule has 11 heteroatoms. The van der Waals surface area contributed by atoms with Crippen LogP contribution in [0, 0.1) is 18.3 Å². The lowest BCUT2D eigenvalue weighted by Crippen LogP contribution is -2.48. The molecule has 0 atom stereocenters. The first-order valence-electron chi connectivity index (χ1n) is 12.2. The average Bonchev–Trinajstić information content (AvgIpc) is 2.94. The number of carbonyl (C=O) groups is 1. The number of carbonyl (C=O) groups excluding carboxylic acids is 1. The summed E-state index contributed by atoms with van der Waals surface area (Å²) < 4.78 is 43.9. The predicted molar refractivity (Wildman–Crippen MR) is 140 cm³/mol. The summed E-state index contributed by atoms with van der Waals surface area (Å²) in [6.07, 6.45) is -4.90. The highest BCUT2D eigenvalue weighted by Crippen LogP contribution is 2.41. The Morgan fingerprint density at radius 2 is 1.64 bits per heavy atom. The van der Waals surface area contributed by atoms with Gasteiger partial charge in [-0.1, -0.05) is 36.4 Å². The second kappa shape index (κ2) is 10.6. The Labute approximate surface area is 222 Å². The van der Waals surface area contributed by atoms with Crippen molar-refractivity contribution >= 4 is 22.5 Å². The molecule has 5 rings (SSSR count). The third-order valence-electron chi connectivity index (χ3n) is 6.50. The van der Waals surface area contributed by atoms with E-state index in [1.165, 1.54) is 19.1 Å². The van der Waals surface area contributed by atoms with Gasteiger partial charge in [-0.05, 0) is 31.2 Å². The van der Waals surface area contributed by atoms with E-state index in [2.05, 4.69) is 31.6 Å². The van der Waals surface area contributed by atoms with Crippen molar-refractivity contribution in [3.8, 4) is 34.3 Å². The van der Waals surface area contributed by atoms with Gasteiger partial charge in [0.05, 0.1) is 17.3 Å². The monoisotopic (exact) mass is 532 g/mol. The highest BCUT2D eigenvalue weighted by atomic mass is 19.4. The van der Waals surface area contributed by atoms with Gasteiger partial charge in [-0.25, -0.2) is 4.79 Å². The zero-order valence-corrected chi connectivity index (χ0v) is 20.8. The largest absolute Gasteiger partial charge is 0.573 e. The van der Waals surface area contributed by atoms with Crippen LogP contribution in [0.3, 0.4) is 0 Å². The maximum Gasteiger partial charge on any atom is 0.573 e. The van der Waals surface area contributed by atoms with E-state index in [-0.39, 0.29) is 22.8 Å². The molecule has 39 heavy (non-hydrogen) atoms. The van der Waals surface area contributed by atoms with Gasteiger partial charge in [0, 0.05) is 53.6 Å². The number of alkyl halides is 3. The van der Waals surface area contributed by atoms with Crippen molar-refractivity contribution in [1.82, 2.24) is 20.4 Å². The molecule has 0 unspecified atom stereocenters. The Hall–Kier alpha value is -4.69. The van der Waals surface area contributed by atoms with Crippen molar-refractivity contribution in [2.45, 2.75) is 13.3 Å². The Kier molecular flexibility index (Phi) is 7.04. The molecule has 0 saturated carbocycles. The molecule has 1 aliphatic rings. The molecule has 0 spiro atoms. The second-order valence-electron chi connectivity index (χ2n) is 8.96. The highest BCUT2D eigenvalue weighted by Gasteiger charge is 2.33. The van der Waals surface area contributed by atoms with E-state index in [9.17, 15) is 18.0 Å². The summed E-state index contributed by atoms with van der Waals surface area (Å²) in [5, 5.41) is 25.4. The summed E-state index contributed by atoms with van der Waals surface area (Å²) in [4.78, 5) is 14.7. The number of benzene rings is 3. The number of piperazine rings is 1. The number of halogens is 3. The molecule has 198 valence electrons. The van der Waals surface area contributed by atoms with Gasteiger partial charge >= 0.3 is 12.4 Å². The van der Waals surface area contributed by atoms with Gasteiger partial charge in [0.25, 0.3) is 0 Å². The fourth-order valence-corrected chi connectivity index (χ4v) is 4.60. The molecule has 2 amide bonds. The van der Waals surface area contributed by atoms with Crippen LogP contribution in [0.1, 0.15) is 11.1 Å². The Morgan fingerprint density at radius 1 is 1.00 bits per heavy atom. The first kappa shape index (κ1) is 25.9. The smallest absolute Gasteiger partial charge is 0.405 e. The van der Waals surface area contributed by atoms with E-state index >= 15 is 0 Å². The van der Waals surface area contributed by atoms with Crippen LogP contribution in [0.15, 0.2) is 60.7 Å². The van der Waals surface area contributed by atoms with Crippen LogP contribution in [0.25, 0.3) is 33.3 Å². The van der Waals surface area contributed by atoms with Crippen LogP contribution >= 0.6 is 0 Å². The molecule has 0 aliphatic carbocycles. The van der Waals surface area contributed by atoms with Gasteiger partial charge in [-0.15, -0.1) is 23.4 Å². The van der Waals surface area contributed by atoms with E-state index in [4.69, 9.17) is 5.26 Å². The molecular weight excluding hydrogens is 509 g/mol. The first-order chi connectivity index (χ1) is 18.7. The molecular formula is C28H23F3N6O2. The lowest BCUT2D eigenvalue weighted by atomic mass is 9.96. The van der Waals surface area contributed by atoms with E-state index < -0.39 is 12.1 Å². The maximum absolute atomic E-state index is 13.2. The number of nitrogens with one attached hydrogen (secondary N) is 2. The SMILES string of the molecule is Cc1c(OC(F)(F)F)ccc(NC(=O)N2CCNCC2)c1-c1nnc(-c2ccc(C#N)cc2)c2ccccc12. The summed E-state index contributed by atoms with van der Waals surface area (Å²) in [5.41, 5.74) is 2.77. The van der Waals surface area contributed by atoms with Crippen molar-refractivity contribution in [3.05, 3.63) is 71.8 Å². The summed E-state index contributed by atoms with van der Waals surface area (Å²) in [5.74, 6) is -0.403. The highest BCUT2D eigenvalue weighted by molar-refractivity contribution is 6.05. The third-order valence-corrected chi connectivity index (χ3v) is 6.50. The first-order valence-corrected chi connectivity index (χ1v) is 12.2. The summed E-state index contributed by atoms with van der Waals surface area (Å²) >= 11 is 0. The van der Waals surface area contributed by atoms with Crippen molar-refractivity contribution in [2.75, 3.05) is 31.5 Å². The fraction of sp³-hybridized carbons (Fsp3) is 0.214. The Bertz CT molecular complexity index is 1580. The number of amides is 2. The van der Waals surface area contributed by atoms with Crippen LogP contribution in [-0.2, 0) is 0 Å². The van der Waals surface area contributed by atoms with Crippen LogP contribution in [0.2, 0.25) is 0 Å². The molecule has 1 saturated heterocycles. The molecule has 1 aliphatic heterocycles. The lowest BCUT2D eigenvalue weighted by Gasteiger charge is -2.28. The number of nitriles is 1. The van der Waals surface area contributed by atoms with E-state index in [0.29, 0.717) is 53.9 Å². The number of hydrogen-bond donors (Lipinski definition) is 2. The molecule has 0 bridgehead atoms. The second-order valence-corrected chi connectivity index (χ2v) is 8.96. The van der Waals surface area contributed by atoms with Gasteiger partial charge < -0.3 is 20.3 Å². The number of urea groups is 1. The molecule has 1 fully saturated rings. The lowest BCUT2D eigenvalue weighted by molar-refractivity contribution is -0.274. The van der Waals surface area contributed by atoms with Gasteiger partial charge in [0.2, 0.25) is 0 Å². The maximum atomic E-state index is 13.2. The molecule has 8 nitrogen and oxygen atoms in total. The van der Waals surface area contributed by atoms with Gasteiger partial charge in [0.15, 0.2) is 0 Å². The zero-order chi connectivity index (χ0) is 27.6. The predicted octanol–water partition coefficient (Wildman–Crippen LogP) is 5.48. The fourth-order valence-electron chi connectivity index (χ4n) is 4.60. The normalized spacial score (nSPS) is 13.7.